The van der Waals surface area contributed by atoms with E-state index in [1.165, 1.54) is 18.2 Å². The molecular formula is C20H19ClN2O4S. The van der Waals surface area contributed by atoms with Crippen molar-refractivity contribution in [3.8, 4) is 16.9 Å². The Morgan fingerprint density at radius 3 is 2.64 bits per heavy atom. The molecule has 2 N–H and O–H groups in total. The number of hydrogen-bond acceptors (Lipinski definition) is 4. The maximum atomic E-state index is 12.3. The summed E-state index contributed by atoms with van der Waals surface area (Å²) < 4.78 is 26.9. The Labute approximate surface area is 167 Å². The van der Waals surface area contributed by atoms with Crippen LogP contribution in [0.4, 0.5) is 0 Å². The Balaban J connectivity index is 1.87. The zero-order valence-electron chi connectivity index (χ0n) is 15.0. The van der Waals surface area contributed by atoms with E-state index in [1.807, 2.05) is 0 Å². The van der Waals surface area contributed by atoms with E-state index < -0.39 is 10.0 Å². The summed E-state index contributed by atoms with van der Waals surface area (Å²) in [5.41, 5.74) is 2.28. The van der Waals surface area contributed by atoms with Gasteiger partial charge in [-0.05, 0) is 54.7 Å². The van der Waals surface area contributed by atoms with E-state index in [-0.39, 0.29) is 34.9 Å². The second kappa shape index (κ2) is 7.31. The minimum Gasteiger partial charge on any atom is -0.507 e. The second-order valence-corrected chi connectivity index (χ2v) is 9.03. The lowest BCUT2D eigenvalue weighted by atomic mass is 9.91. The fourth-order valence-corrected chi connectivity index (χ4v) is 5.20. The number of carbonyl (C=O) groups excluding carboxylic acids is 1. The van der Waals surface area contributed by atoms with Crippen molar-refractivity contribution < 1.29 is 18.3 Å². The van der Waals surface area contributed by atoms with Crippen molar-refractivity contribution in [2.75, 3.05) is 12.4 Å². The van der Waals surface area contributed by atoms with Crippen molar-refractivity contribution in [2.24, 2.45) is 10.9 Å². The van der Waals surface area contributed by atoms with Crippen molar-refractivity contribution in [3.05, 3.63) is 47.0 Å². The van der Waals surface area contributed by atoms with Crippen LogP contribution in [0.25, 0.3) is 16.7 Å². The summed E-state index contributed by atoms with van der Waals surface area (Å²) in [6.45, 7) is 0.147. The van der Waals surface area contributed by atoms with Gasteiger partial charge in [-0.25, -0.2) is 18.1 Å². The molecule has 2 aromatic rings. The molecule has 2 aromatic carbocycles. The molecule has 1 saturated carbocycles. The minimum absolute atomic E-state index is 0.0809. The van der Waals surface area contributed by atoms with Crippen LogP contribution in [0.15, 0.2) is 46.3 Å². The third kappa shape index (κ3) is 3.23. The van der Waals surface area contributed by atoms with E-state index in [1.54, 1.807) is 18.2 Å². The summed E-state index contributed by atoms with van der Waals surface area (Å²) >= 11 is 5.55. The van der Waals surface area contributed by atoms with Gasteiger partial charge in [-0.1, -0.05) is 12.1 Å². The summed E-state index contributed by atoms with van der Waals surface area (Å²) in [4.78, 5) is 16.6. The monoisotopic (exact) mass is 418 g/mol. The maximum absolute atomic E-state index is 12.3. The Morgan fingerprint density at radius 1 is 1.18 bits per heavy atom. The first-order valence-electron chi connectivity index (χ1n) is 9.06. The Morgan fingerprint density at radius 2 is 1.93 bits per heavy atom. The predicted octanol–water partition coefficient (Wildman–Crippen LogP) is 1.69. The zero-order valence-corrected chi connectivity index (χ0v) is 16.6. The van der Waals surface area contributed by atoms with Gasteiger partial charge in [0.2, 0.25) is 10.0 Å². The van der Waals surface area contributed by atoms with Crippen LogP contribution < -0.4 is 15.3 Å². The SMILES string of the molecule is O=C1N=c2ccc(O)c(-c3ccc(S(=O)(=O)NCCCl)cc3)c2=C2CCCC12. The zero-order chi connectivity index (χ0) is 19.9. The van der Waals surface area contributed by atoms with Crippen LogP contribution in [-0.2, 0) is 14.8 Å². The van der Waals surface area contributed by atoms with E-state index in [9.17, 15) is 18.3 Å². The quantitative estimate of drug-likeness (QED) is 0.722. The fraction of sp³-hybridized carbons (Fsp3) is 0.300. The van der Waals surface area contributed by atoms with Crippen LogP contribution in [0.5, 0.6) is 5.75 Å². The largest absolute Gasteiger partial charge is 0.507 e. The van der Waals surface area contributed by atoms with Crippen molar-refractivity contribution in [1.82, 2.24) is 4.72 Å². The molecule has 0 aromatic heterocycles. The summed E-state index contributed by atoms with van der Waals surface area (Å²) in [6, 6.07) is 9.48. The molecule has 1 aliphatic carbocycles. The van der Waals surface area contributed by atoms with Gasteiger partial charge in [-0.15, -0.1) is 11.6 Å². The molecule has 146 valence electrons. The van der Waals surface area contributed by atoms with Gasteiger partial charge in [-0.3, -0.25) is 4.79 Å². The number of hydrogen-bond donors (Lipinski definition) is 2. The fourth-order valence-electron chi connectivity index (χ4n) is 3.96. The molecule has 6 nitrogen and oxygen atoms in total. The van der Waals surface area contributed by atoms with E-state index in [0.29, 0.717) is 16.5 Å². The molecule has 28 heavy (non-hydrogen) atoms. The molecule has 0 radical (unpaired) electrons. The molecular weight excluding hydrogens is 400 g/mol. The number of aromatic hydroxyl groups is 1. The van der Waals surface area contributed by atoms with E-state index in [0.717, 1.165) is 30.1 Å². The van der Waals surface area contributed by atoms with E-state index in [2.05, 4.69) is 9.71 Å². The molecule has 0 spiro atoms. The lowest BCUT2D eigenvalue weighted by Crippen LogP contribution is -2.37. The van der Waals surface area contributed by atoms with Crippen molar-refractivity contribution in [1.29, 1.82) is 0 Å². The number of nitrogens with zero attached hydrogens (tertiary/aromatic N) is 1. The molecule has 0 bridgehead atoms. The summed E-state index contributed by atoms with van der Waals surface area (Å²) in [5, 5.41) is 11.9. The number of fused-ring (bicyclic) bond motifs is 2. The Bertz CT molecular complexity index is 1170. The molecule has 1 heterocycles. The van der Waals surface area contributed by atoms with Crippen LogP contribution in [0, 0.1) is 5.92 Å². The first-order chi connectivity index (χ1) is 13.4. The van der Waals surface area contributed by atoms with Gasteiger partial charge in [-0.2, -0.15) is 0 Å². The van der Waals surface area contributed by atoms with Crippen LogP contribution in [0.1, 0.15) is 19.3 Å². The van der Waals surface area contributed by atoms with Gasteiger partial charge >= 0.3 is 0 Å². The van der Waals surface area contributed by atoms with Gasteiger partial charge in [0.15, 0.2) is 0 Å². The lowest BCUT2D eigenvalue weighted by Gasteiger charge is -2.16. The third-order valence-electron chi connectivity index (χ3n) is 5.21. The molecule has 1 unspecified atom stereocenters. The number of carbonyl (C=O) groups is 1. The van der Waals surface area contributed by atoms with Gasteiger partial charge in [0.05, 0.1) is 16.2 Å². The first kappa shape index (κ1) is 19.1. The second-order valence-electron chi connectivity index (χ2n) is 6.89. The van der Waals surface area contributed by atoms with Crippen LogP contribution in [-0.4, -0.2) is 31.9 Å². The number of amides is 1. The molecule has 1 aliphatic heterocycles. The number of rotatable bonds is 5. The Kier molecular flexibility index (Phi) is 4.99. The average Bonchev–Trinajstić information content (AvgIpc) is 3.18. The molecule has 8 heteroatoms. The van der Waals surface area contributed by atoms with E-state index in [4.69, 9.17) is 11.6 Å². The van der Waals surface area contributed by atoms with Gasteiger partial charge in [0.25, 0.3) is 5.91 Å². The smallest absolute Gasteiger partial charge is 0.253 e. The highest BCUT2D eigenvalue weighted by molar-refractivity contribution is 7.89. The first-order valence-corrected chi connectivity index (χ1v) is 11.1. The number of sulfonamides is 1. The van der Waals surface area contributed by atoms with Crippen molar-refractivity contribution in [3.63, 3.8) is 0 Å². The minimum atomic E-state index is -3.64. The molecule has 1 atom stereocenters. The number of benzene rings is 2. The van der Waals surface area contributed by atoms with Gasteiger partial charge in [0, 0.05) is 23.2 Å². The average molecular weight is 419 g/mol. The number of phenolic OH excluding ortho intramolecular Hbond substituents is 1. The van der Waals surface area contributed by atoms with Crippen LogP contribution >= 0.6 is 11.6 Å². The summed E-state index contributed by atoms with van der Waals surface area (Å²) in [7, 11) is -3.64. The third-order valence-corrected chi connectivity index (χ3v) is 6.88. The highest BCUT2D eigenvalue weighted by Gasteiger charge is 2.32. The number of nitrogens with one attached hydrogen (secondary N) is 1. The predicted molar refractivity (Wildman–Crippen MR) is 106 cm³/mol. The highest BCUT2D eigenvalue weighted by atomic mass is 35.5. The van der Waals surface area contributed by atoms with Gasteiger partial charge in [0.1, 0.15) is 5.75 Å². The summed E-state index contributed by atoms with van der Waals surface area (Å²) in [6.07, 6.45) is 2.49. The van der Waals surface area contributed by atoms with Crippen LogP contribution in [0.2, 0.25) is 0 Å². The highest BCUT2D eigenvalue weighted by Crippen LogP contribution is 2.35. The summed E-state index contributed by atoms with van der Waals surface area (Å²) in [5.74, 6) is -0.0724. The molecule has 0 saturated heterocycles. The van der Waals surface area contributed by atoms with Crippen LogP contribution in [0.3, 0.4) is 0 Å². The molecule has 2 aliphatic rings. The molecule has 1 fully saturated rings. The number of phenols is 1. The van der Waals surface area contributed by atoms with Crippen molar-refractivity contribution >= 4 is 33.1 Å². The Hall–Kier alpha value is -2.22. The normalized spacial score (nSPS) is 18.5. The van der Waals surface area contributed by atoms with E-state index >= 15 is 0 Å². The molecule has 1 amide bonds. The standard InChI is InChI=1S/C20H19ClN2O4S/c21-10-11-22-28(26,27)13-6-4-12(5-7-13)18-17(24)9-8-16-19(18)14-2-1-3-15(14)20(25)23-16/h4-9,15,22,24H,1-3,10-11H2. The number of halogens is 1. The molecule has 4 rings (SSSR count). The number of alkyl halides is 1. The topological polar surface area (TPSA) is 95.8 Å². The lowest BCUT2D eigenvalue weighted by molar-refractivity contribution is -0.120. The van der Waals surface area contributed by atoms with Crippen molar-refractivity contribution in [2.45, 2.75) is 24.2 Å². The maximum Gasteiger partial charge on any atom is 0.253 e. The van der Waals surface area contributed by atoms with Gasteiger partial charge < -0.3 is 5.11 Å².